The van der Waals surface area contributed by atoms with Gasteiger partial charge in [0.2, 0.25) is 0 Å². The summed E-state index contributed by atoms with van der Waals surface area (Å²) in [7, 11) is 3.98. The molecule has 0 aromatic heterocycles. The standard InChI is InChI=1S/C30H34NO2P/c1-31-21-26-15-9-10-16-28(26)34-29-20-25(17-23-11-5-3-6-12-23)19-27(30(29)33-22-32-2)18-24-13-7-4-8-14-24/h3-11,13,15-16,19-21,23-24,34H,12,14,17-18,22H2,1-2H3. The second kappa shape index (κ2) is 12.6. The Hall–Kier alpha value is -2.74. The highest BCUT2D eigenvalue weighted by Gasteiger charge is 2.19. The Bertz CT molecular complexity index is 1110. The number of hydrogen-bond donors (Lipinski definition) is 0. The van der Waals surface area contributed by atoms with Crippen molar-refractivity contribution in [3.8, 4) is 5.75 Å². The minimum atomic E-state index is 0.248. The molecule has 34 heavy (non-hydrogen) atoms. The van der Waals surface area contributed by atoms with Gasteiger partial charge in [0, 0.05) is 25.7 Å². The van der Waals surface area contributed by atoms with Crippen molar-refractivity contribution in [2.45, 2.75) is 25.7 Å². The van der Waals surface area contributed by atoms with Crippen molar-refractivity contribution >= 4 is 25.4 Å². The largest absolute Gasteiger partial charge is 0.467 e. The van der Waals surface area contributed by atoms with Crippen molar-refractivity contribution < 1.29 is 9.47 Å². The van der Waals surface area contributed by atoms with Gasteiger partial charge < -0.3 is 9.47 Å². The number of allylic oxidation sites excluding steroid dienone is 8. The van der Waals surface area contributed by atoms with Crippen LogP contribution in [0.5, 0.6) is 5.75 Å². The number of methoxy groups -OCH3 is 1. The van der Waals surface area contributed by atoms with Gasteiger partial charge in [-0.05, 0) is 65.6 Å². The second-order valence-electron chi connectivity index (χ2n) is 8.81. The molecular formula is C30H34NO2P. The third kappa shape index (κ3) is 6.65. The van der Waals surface area contributed by atoms with Crippen LogP contribution < -0.4 is 15.3 Å². The third-order valence-corrected chi connectivity index (χ3v) is 7.53. The van der Waals surface area contributed by atoms with E-state index in [2.05, 4.69) is 90.0 Å². The van der Waals surface area contributed by atoms with E-state index in [1.165, 1.54) is 21.7 Å². The van der Waals surface area contributed by atoms with Gasteiger partial charge in [0.05, 0.1) is 0 Å². The molecule has 2 aliphatic carbocycles. The van der Waals surface area contributed by atoms with Crippen molar-refractivity contribution in [1.29, 1.82) is 0 Å². The molecule has 176 valence electrons. The highest BCUT2D eigenvalue weighted by Crippen LogP contribution is 2.31. The van der Waals surface area contributed by atoms with E-state index >= 15 is 0 Å². The van der Waals surface area contributed by atoms with E-state index in [1.807, 2.05) is 13.3 Å². The molecule has 0 saturated carbocycles. The molecule has 0 fully saturated rings. The van der Waals surface area contributed by atoms with Crippen LogP contribution in [0.1, 0.15) is 29.5 Å². The van der Waals surface area contributed by atoms with E-state index in [0.717, 1.165) is 37.0 Å². The summed E-state index contributed by atoms with van der Waals surface area (Å²) in [6, 6.07) is 13.2. The van der Waals surface area contributed by atoms with Crippen molar-refractivity contribution in [2.75, 3.05) is 21.0 Å². The monoisotopic (exact) mass is 471 g/mol. The zero-order valence-electron chi connectivity index (χ0n) is 20.1. The maximum atomic E-state index is 6.26. The molecule has 0 aliphatic heterocycles. The first-order valence-corrected chi connectivity index (χ1v) is 13.0. The third-order valence-electron chi connectivity index (χ3n) is 6.16. The summed E-state index contributed by atoms with van der Waals surface area (Å²) < 4.78 is 11.6. The van der Waals surface area contributed by atoms with Gasteiger partial charge in [-0.25, -0.2) is 0 Å². The number of hydrogen-bond acceptors (Lipinski definition) is 3. The number of aliphatic imine (C=N–C) groups is 1. The number of ether oxygens (including phenoxy) is 2. The summed E-state index contributed by atoms with van der Waals surface area (Å²) in [5.74, 6) is 2.00. The van der Waals surface area contributed by atoms with Crippen molar-refractivity contribution in [2.24, 2.45) is 16.8 Å². The molecule has 0 amide bonds. The Morgan fingerprint density at radius 2 is 1.68 bits per heavy atom. The van der Waals surface area contributed by atoms with Crippen LogP contribution in [0, 0.1) is 11.8 Å². The summed E-state index contributed by atoms with van der Waals surface area (Å²) in [4.78, 5) is 4.27. The van der Waals surface area contributed by atoms with Crippen LogP contribution in [-0.4, -0.2) is 27.2 Å². The highest BCUT2D eigenvalue weighted by molar-refractivity contribution is 7.56. The molecule has 0 heterocycles. The second-order valence-corrected chi connectivity index (χ2v) is 10.1. The summed E-state index contributed by atoms with van der Waals surface area (Å²) in [6.07, 6.45) is 23.9. The van der Waals surface area contributed by atoms with E-state index < -0.39 is 0 Å². The van der Waals surface area contributed by atoms with Gasteiger partial charge >= 0.3 is 0 Å². The maximum Gasteiger partial charge on any atom is 0.188 e. The summed E-state index contributed by atoms with van der Waals surface area (Å²) in [6.45, 7) is 0.248. The number of rotatable bonds is 10. The van der Waals surface area contributed by atoms with Crippen LogP contribution in [0.2, 0.25) is 0 Å². The Morgan fingerprint density at radius 1 is 0.941 bits per heavy atom. The Morgan fingerprint density at radius 3 is 2.35 bits per heavy atom. The molecule has 0 bridgehead atoms. The fourth-order valence-electron chi connectivity index (χ4n) is 4.56. The zero-order valence-corrected chi connectivity index (χ0v) is 21.1. The minimum absolute atomic E-state index is 0.248. The van der Waals surface area contributed by atoms with Gasteiger partial charge in [-0.15, -0.1) is 0 Å². The predicted molar refractivity (Wildman–Crippen MR) is 147 cm³/mol. The number of benzene rings is 2. The van der Waals surface area contributed by atoms with E-state index in [1.54, 1.807) is 7.11 Å². The maximum absolute atomic E-state index is 6.26. The minimum Gasteiger partial charge on any atom is -0.467 e. The average molecular weight is 472 g/mol. The fraction of sp³-hybridized carbons (Fsp3) is 0.300. The molecule has 4 heteroatoms. The van der Waals surface area contributed by atoms with Crippen molar-refractivity contribution in [3.63, 3.8) is 0 Å². The van der Waals surface area contributed by atoms with E-state index in [-0.39, 0.29) is 6.79 Å². The lowest BCUT2D eigenvalue weighted by Gasteiger charge is -2.22. The first-order chi connectivity index (χ1) is 16.8. The van der Waals surface area contributed by atoms with Crippen LogP contribution in [-0.2, 0) is 17.6 Å². The van der Waals surface area contributed by atoms with Crippen molar-refractivity contribution in [3.05, 3.63) is 102 Å². The molecule has 4 rings (SSSR count). The Kier molecular flexibility index (Phi) is 9.07. The molecule has 2 aromatic rings. The molecule has 3 nitrogen and oxygen atoms in total. The van der Waals surface area contributed by atoms with Crippen LogP contribution >= 0.6 is 8.58 Å². The lowest BCUT2D eigenvalue weighted by atomic mass is 9.89. The van der Waals surface area contributed by atoms with Gasteiger partial charge in [0.25, 0.3) is 0 Å². The van der Waals surface area contributed by atoms with Crippen LogP contribution in [0.25, 0.3) is 0 Å². The topological polar surface area (TPSA) is 30.8 Å². The SMILES string of the molecule is CN=Cc1ccccc1Pc1cc(CC2C=CC=CC2)cc(CC2C=CC=CC2)c1OCOC. The Balaban J connectivity index is 1.73. The van der Waals surface area contributed by atoms with Gasteiger partial charge in [0.15, 0.2) is 6.79 Å². The first-order valence-electron chi connectivity index (χ1n) is 12.0. The van der Waals surface area contributed by atoms with E-state index in [9.17, 15) is 0 Å². The zero-order chi connectivity index (χ0) is 23.6. The lowest BCUT2D eigenvalue weighted by molar-refractivity contribution is 0.0511. The smallest absolute Gasteiger partial charge is 0.188 e. The van der Waals surface area contributed by atoms with E-state index in [0.29, 0.717) is 20.4 Å². The van der Waals surface area contributed by atoms with Gasteiger partial charge in [0.1, 0.15) is 5.75 Å². The molecular weight excluding hydrogens is 437 g/mol. The van der Waals surface area contributed by atoms with E-state index in [4.69, 9.17) is 9.47 Å². The normalized spacial score (nSPS) is 19.6. The molecule has 0 saturated heterocycles. The van der Waals surface area contributed by atoms with Gasteiger partial charge in [-0.1, -0.05) is 87.5 Å². The summed E-state index contributed by atoms with van der Waals surface area (Å²) >= 11 is 0. The molecule has 3 unspecified atom stereocenters. The van der Waals surface area contributed by atoms with Gasteiger partial charge in [-0.2, -0.15) is 0 Å². The summed E-state index contributed by atoms with van der Waals surface area (Å²) in [5, 5.41) is 2.52. The number of nitrogens with zero attached hydrogens (tertiary/aromatic N) is 1. The Labute approximate surface area is 205 Å². The van der Waals surface area contributed by atoms with Crippen LogP contribution in [0.4, 0.5) is 0 Å². The molecule has 2 aliphatic rings. The molecule has 2 aromatic carbocycles. The van der Waals surface area contributed by atoms with Crippen LogP contribution in [0.3, 0.4) is 0 Å². The molecule has 0 spiro atoms. The quantitative estimate of drug-likeness (QED) is 0.253. The highest BCUT2D eigenvalue weighted by atomic mass is 31.1. The average Bonchev–Trinajstić information content (AvgIpc) is 2.86. The molecule has 0 radical (unpaired) electrons. The fourth-order valence-corrected chi connectivity index (χ4v) is 5.93. The van der Waals surface area contributed by atoms with Gasteiger partial charge in [-0.3, -0.25) is 4.99 Å². The first kappa shape index (κ1) is 24.4. The molecule has 3 atom stereocenters. The summed E-state index contributed by atoms with van der Waals surface area (Å²) in [5.41, 5.74) is 3.82. The predicted octanol–water partition coefficient (Wildman–Crippen LogP) is 5.70. The lowest BCUT2D eigenvalue weighted by Crippen LogP contribution is -2.17. The van der Waals surface area contributed by atoms with Crippen molar-refractivity contribution in [1.82, 2.24) is 0 Å². The molecule has 0 N–H and O–H groups in total. The van der Waals surface area contributed by atoms with Crippen LogP contribution in [0.15, 0.2) is 90.0 Å².